The van der Waals surface area contributed by atoms with Crippen molar-refractivity contribution >= 4 is 11.7 Å². The molecule has 0 heterocycles. The van der Waals surface area contributed by atoms with Crippen molar-refractivity contribution in [2.24, 2.45) is 0 Å². The molecule has 1 saturated carbocycles. The Balaban J connectivity index is 1.47. The third-order valence-corrected chi connectivity index (χ3v) is 4.59. The van der Waals surface area contributed by atoms with Gasteiger partial charge in [0, 0.05) is 11.7 Å². The molecule has 0 aliphatic heterocycles. The summed E-state index contributed by atoms with van der Waals surface area (Å²) in [7, 11) is 0. The third-order valence-electron chi connectivity index (χ3n) is 4.59. The summed E-state index contributed by atoms with van der Waals surface area (Å²) in [5.41, 5.74) is -0.750. The second-order valence-electron chi connectivity index (χ2n) is 6.70. The average Bonchev–Trinajstić information content (AvgIpc) is 2.65. The number of halogens is 4. The van der Waals surface area contributed by atoms with Crippen LogP contribution in [0.4, 0.5) is 28.0 Å². The van der Waals surface area contributed by atoms with Crippen LogP contribution in [-0.2, 0) is 6.18 Å². The lowest BCUT2D eigenvalue weighted by molar-refractivity contribution is -0.137. The van der Waals surface area contributed by atoms with Crippen molar-refractivity contribution in [2.45, 2.75) is 44.0 Å². The molecule has 0 atom stereocenters. The number of para-hydroxylation sites is 1. The summed E-state index contributed by atoms with van der Waals surface area (Å²) in [5, 5.41) is 5.19. The van der Waals surface area contributed by atoms with Gasteiger partial charge in [-0.15, -0.1) is 0 Å². The normalized spacial score (nSPS) is 19.7. The van der Waals surface area contributed by atoms with Crippen molar-refractivity contribution in [1.29, 1.82) is 0 Å². The first kappa shape index (κ1) is 20.0. The Morgan fingerprint density at radius 1 is 1.00 bits per heavy atom. The van der Waals surface area contributed by atoms with E-state index >= 15 is 0 Å². The predicted octanol–water partition coefficient (Wildman–Crippen LogP) is 5.36. The lowest BCUT2D eigenvalue weighted by atomic mass is 9.93. The van der Waals surface area contributed by atoms with Gasteiger partial charge < -0.3 is 15.4 Å². The molecular formula is C20H20F4N2O2. The van der Waals surface area contributed by atoms with Crippen molar-refractivity contribution < 1.29 is 27.1 Å². The maximum absolute atomic E-state index is 13.6. The molecule has 1 fully saturated rings. The fraction of sp³-hybridized carbons (Fsp3) is 0.350. The van der Waals surface area contributed by atoms with Crippen LogP contribution in [0.3, 0.4) is 0 Å². The number of urea groups is 1. The second-order valence-corrected chi connectivity index (χ2v) is 6.70. The molecule has 0 bridgehead atoms. The number of carbonyl (C=O) groups excluding carboxylic acids is 1. The molecule has 2 aromatic rings. The van der Waals surface area contributed by atoms with E-state index in [-0.39, 0.29) is 23.6 Å². The van der Waals surface area contributed by atoms with Crippen LogP contribution in [0.5, 0.6) is 5.75 Å². The minimum absolute atomic E-state index is 0.0731. The van der Waals surface area contributed by atoms with E-state index in [2.05, 4.69) is 10.6 Å². The first-order valence-electron chi connectivity index (χ1n) is 8.97. The van der Waals surface area contributed by atoms with Crippen molar-refractivity contribution in [3.63, 3.8) is 0 Å². The van der Waals surface area contributed by atoms with E-state index in [9.17, 15) is 22.4 Å². The number of ether oxygens (including phenoxy) is 1. The van der Waals surface area contributed by atoms with Gasteiger partial charge in [0.25, 0.3) is 0 Å². The van der Waals surface area contributed by atoms with E-state index in [1.165, 1.54) is 18.2 Å². The van der Waals surface area contributed by atoms with Crippen LogP contribution in [0.2, 0.25) is 0 Å². The zero-order valence-electron chi connectivity index (χ0n) is 14.9. The zero-order chi connectivity index (χ0) is 20.1. The summed E-state index contributed by atoms with van der Waals surface area (Å²) in [6.45, 7) is 0. The molecule has 0 radical (unpaired) electrons. The Hall–Kier alpha value is -2.77. The number of nitrogens with one attached hydrogen (secondary N) is 2. The zero-order valence-corrected chi connectivity index (χ0v) is 14.9. The molecule has 150 valence electrons. The van der Waals surface area contributed by atoms with Crippen molar-refractivity contribution in [1.82, 2.24) is 5.32 Å². The van der Waals surface area contributed by atoms with E-state index in [1.54, 1.807) is 18.2 Å². The van der Waals surface area contributed by atoms with Crippen molar-refractivity contribution in [3.05, 3.63) is 59.9 Å². The summed E-state index contributed by atoms with van der Waals surface area (Å²) in [5.74, 6) is -0.204. The first-order valence-corrected chi connectivity index (χ1v) is 8.97. The van der Waals surface area contributed by atoms with Gasteiger partial charge in [-0.1, -0.05) is 18.2 Å². The highest BCUT2D eigenvalue weighted by atomic mass is 19.4. The number of hydrogen-bond acceptors (Lipinski definition) is 2. The van der Waals surface area contributed by atoms with E-state index in [4.69, 9.17) is 4.74 Å². The van der Waals surface area contributed by atoms with Gasteiger partial charge in [0.2, 0.25) is 0 Å². The number of benzene rings is 2. The number of carbonyl (C=O) groups is 1. The largest absolute Gasteiger partial charge is 0.487 e. The molecule has 1 aliphatic rings. The van der Waals surface area contributed by atoms with E-state index < -0.39 is 23.6 Å². The lowest BCUT2D eigenvalue weighted by Crippen LogP contribution is -2.41. The van der Waals surface area contributed by atoms with Gasteiger partial charge in [0.05, 0.1) is 11.7 Å². The average molecular weight is 396 g/mol. The Morgan fingerprint density at radius 3 is 2.39 bits per heavy atom. The van der Waals surface area contributed by atoms with Crippen LogP contribution in [-0.4, -0.2) is 18.2 Å². The first-order chi connectivity index (χ1) is 13.3. The van der Waals surface area contributed by atoms with Crippen molar-refractivity contribution in [3.8, 4) is 5.75 Å². The fourth-order valence-corrected chi connectivity index (χ4v) is 3.17. The number of hydrogen-bond donors (Lipinski definition) is 2. The second kappa shape index (κ2) is 8.50. The maximum Gasteiger partial charge on any atom is 0.416 e. The highest BCUT2D eigenvalue weighted by Gasteiger charge is 2.30. The number of alkyl halides is 3. The van der Waals surface area contributed by atoms with E-state index in [1.807, 2.05) is 0 Å². The van der Waals surface area contributed by atoms with Gasteiger partial charge in [-0.25, -0.2) is 9.18 Å². The van der Waals surface area contributed by atoms with Crippen LogP contribution < -0.4 is 15.4 Å². The number of rotatable bonds is 4. The van der Waals surface area contributed by atoms with Crippen LogP contribution in [0.1, 0.15) is 31.2 Å². The van der Waals surface area contributed by atoms with Crippen LogP contribution in [0.15, 0.2) is 48.5 Å². The van der Waals surface area contributed by atoms with Crippen LogP contribution >= 0.6 is 0 Å². The smallest absolute Gasteiger partial charge is 0.416 e. The molecule has 0 unspecified atom stereocenters. The summed E-state index contributed by atoms with van der Waals surface area (Å²) in [6, 6.07) is 9.98. The predicted molar refractivity (Wildman–Crippen MR) is 96.7 cm³/mol. The quantitative estimate of drug-likeness (QED) is 0.684. The minimum atomic E-state index is -4.47. The topological polar surface area (TPSA) is 50.4 Å². The molecule has 2 N–H and O–H groups in total. The van der Waals surface area contributed by atoms with Gasteiger partial charge in [-0.05, 0) is 56.0 Å². The Kier molecular flexibility index (Phi) is 6.06. The van der Waals surface area contributed by atoms with Crippen LogP contribution in [0, 0.1) is 5.82 Å². The highest BCUT2D eigenvalue weighted by Crippen LogP contribution is 2.30. The van der Waals surface area contributed by atoms with Gasteiger partial charge in [-0.2, -0.15) is 13.2 Å². The molecule has 2 amide bonds. The van der Waals surface area contributed by atoms with E-state index in [0.29, 0.717) is 25.7 Å². The Bertz CT molecular complexity index is 818. The lowest BCUT2D eigenvalue weighted by Gasteiger charge is -2.29. The molecule has 0 spiro atoms. The number of anilines is 1. The highest BCUT2D eigenvalue weighted by molar-refractivity contribution is 5.89. The fourth-order valence-electron chi connectivity index (χ4n) is 3.17. The van der Waals surface area contributed by atoms with Crippen LogP contribution in [0.25, 0.3) is 0 Å². The third kappa shape index (κ3) is 5.37. The summed E-state index contributed by atoms with van der Waals surface area (Å²) < 4.78 is 57.5. The Morgan fingerprint density at radius 2 is 1.71 bits per heavy atom. The van der Waals surface area contributed by atoms with Gasteiger partial charge in [0.1, 0.15) is 0 Å². The SMILES string of the molecule is O=C(Nc1cccc(C(F)(F)F)c1)NC1CCC(Oc2ccccc2F)CC1. The molecule has 28 heavy (non-hydrogen) atoms. The molecule has 0 saturated heterocycles. The molecule has 2 aromatic carbocycles. The van der Waals surface area contributed by atoms with Gasteiger partial charge >= 0.3 is 12.2 Å². The van der Waals surface area contributed by atoms with E-state index in [0.717, 1.165) is 12.1 Å². The monoisotopic (exact) mass is 396 g/mol. The minimum Gasteiger partial charge on any atom is -0.487 e. The summed E-state index contributed by atoms with van der Waals surface area (Å²) >= 11 is 0. The maximum atomic E-state index is 13.6. The van der Waals surface area contributed by atoms with Gasteiger partial charge in [-0.3, -0.25) is 0 Å². The molecule has 4 nitrogen and oxygen atoms in total. The molecule has 3 rings (SSSR count). The summed E-state index contributed by atoms with van der Waals surface area (Å²) in [4.78, 5) is 12.1. The molecule has 1 aliphatic carbocycles. The molecule has 8 heteroatoms. The van der Waals surface area contributed by atoms with Crippen molar-refractivity contribution in [2.75, 3.05) is 5.32 Å². The summed E-state index contributed by atoms with van der Waals surface area (Å²) in [6.07, 6.45) is -2.05. The van der Waals surface area contributed by atoms with Gasteiger partial charge in [0.15, 0.2) is 11.6 Å². The standard InChI is InChI=1S/C20H20F4N2O2/c21-17-6-1-2-7-18(17)28-16-10-8-14(9-11-16)25-19(27)26-15-5-3-4-13(12-15)20(22,23)24/h1-7,12,14,16H,8-11H2,(H2,25,26,27). The number of amides is 2. The molecular weight excluding hydrogens is 376 g/mol. The molecule has 0 aromatic heterocycles. The Labute approximate surface area is 159 Å².